The van der Waals surface area contributed by atoms with Crippen LogP contribution in [0.15, 0.2) is 53.5 Å². The molecular formula is C16H15N. The number of fused-ring (bicyclic) bond motifs is 1. The van der Waals surface area contributed by atoms with Crippen molar-refractivity contribution in [2.45, 2.75) is 19.8 Å². The summed E-state index contributed by atoms with van der Waals surface area (Å²) in [5.41, 5.74) is 6.33. The molecule has 0 bridgehead atoms. The molecule has 1 nitrogen and oxygen atoms in total. The standard InChI is InChI=1S/C16H15N/c1-2-15-10-14-9-8-13(11-16(14)17-15)12-6-4-3-5-7-12/h3-9,11H,2,10H2,1H3. The quantitative estimate of drug-likeness (QED) is 0.713. The predicted molar refractivity (Wildman–Crippen MR) is 73.0 cm³/mol. The first-order valence-corrected chi connectivity index (χ1v) is 6.11. The Hall–Kier alpha value is -1.89. The minimum atomic E-state index is 1.03. The van der Waals surface area contributed by atoms with Crippen LogP contribution in [0.1, 0.15) is 18.9 Å². The third kappa shape index (κ3) is 1.89. The topological polar surface area (TPSA) is 12.4 Å². The molecule has 1 heterocycles. The first-order chi connectivity index (χ1) is 8.36. The summed E-state index contributed by atoms with van der Waals surface area (Å²) >= 11 is 0. The molecule has 17 heavy (non-hydrogen) atoms. The van der Waals surface area contributed by atoms with Crippen molar-refractivity contribution in [3.05, 3.63) is 54.1 Å². The Kier molecular flexibility index (Phi) is 2.52. The van der Waals surface area contributed by atoms with Crippen molar-refractivity contribution in [3.63, 3.8) is 0 Å². The molecule has 0 saturated carbocycles. The average Bonchev–Trinajstić information content (AvgIpc) is 2.81. The Balaban J connectivity index is 2.03. The summed E-state index contributed by atoms with van der Waals surface area (Å²) in [5.74, 6) is 0. The Morgan fingerprint density at radius 2 is 1.82 bits per heavy atom. The van der Waals surface area contributed by atoms with Crippen LogP contribution in [-0.4, -0.2) is 5.71 Å². The molecule has 0 fully saturated rings. The molecule has 0 aromatic heterocycles. The van der Waals surface area contributed by atoms with Crippen LogP contribution >= 0.6 is 0 Å². The van der Waals surface area contributed by atoms with Gasteiger partial charge in [-0.3, -0.25) is 4.99 Å². The van der Waals surface area contributed by atoms with Crippen molar-refractivity contribution in [1.29, 1.82) is 0 Å². The number of aliphatic imine (C=N–C) groups is 1. The van der Waals surface area contributed by atoms with Gasteiger partial charge in [0.15, 0.2) is 0 Å². The fourth-order valence-corrected chi connectivity index (χ4v) is 2.26. The molecule has 0 saturated heterocycles. The van der Waals surface area contributed by atoms with E-state index in [1.54, 1.807) is 0 Å². The van der Waals surface area contributed by atoms with Crippen LogP contribution in [0.4, 0.5) is 5.69 Å². The Morgan fingerprint density at radius 3 is 2.59 bits per heavy atom. The lowest BCUT2D eigenvalue weighted by molar-refractivity contribution is 1.22. The summed E-state index contributed by atoms with van der Waals surface area (Å²) in [6.45, 7) is 2.17. The molecule has 2 aromatic carbocycles. The zero-order valence-electron chi connectivity index (χ0n) is 9.98. The van der Waals surface area contributed by atoms with Crippen LogP contribution in [0.3, 0.4) is 0 Å². The Labute approximate surface area is 102 Å². The largest absolute Gasteiger partial charge is 0.257 e. The lowest BCUT2D eigenvalue weighted by Crippen LogP contribution is -1.93. The number of nitrogens with zero attached hydrogens (tertiary/aromatic N) is 1. The van der Waals surface area contributed by atoms with Crippen molar-refractivity contribution < 1.29 is 0 Å². The van der Waals surface area contributed by atoms with E-state index in [4.69, 9.17) is 0 Å². The van der Waals surface area contributed by atoms with E-state index in [2.05, 4.69) is 54.4 Å². The van der Waals surface area contributed by atoms with Gasteiger partial charge >= 0.3 is 0 Å². The average molecular weight is 221 g/mol. The van der Waals surface area contributed by atoms with Gasteiger partial charge in [0, 0.05) is 12.1 Å². The van der Waals surface area contributed by atoms with Crippen LogP contribution in [-0.2, 0) is 6.42 Å². The second-order valence-electron chi connectivity index (χ2n) is 4.42. The molecule has 0 unspecified atom stereocenters. The first-order valence-electron chi connectivity index (χ1n) is 6.11. The maximum absolute atomic E-state index is 4.67. The molecule has 0 N–H and O–H groups in total. The number of benzene rings is 2. The van der Waals surface area contributed by atoms with E-state index in [0.717, 1.165) is 18.5 Å². The van der Waals surface area contributed by atoms with Crippen LogP contribution in [0.25, 0.3) is 11.1 Å². The van der Waals surface area contributed by atoms with Crippen LogP contribution in [0.2, 0.25) is 0 Å². The highest BCUT2D eigenvalue weighted by molar-refractivity contribution is 5.94. The third-order valence-corrected chi connectivity index (χ3v) is 3.27. The summed E-state index contributed by atoms with van der Waals surface area (Å²) in [7, 11) is 0. The monoisotopic (exact) mass is 221 g/mol. The lowest BCUT2D eigenvalue weighted by atomic mass is 10.0. The van der Waals surface area contributed by atoms with Gasteiger partial charge < -0.3 is 0 Å². The number of hydrogen-bond donors (Lipinski definition) is 0. The van der Waals surface area contributed by atoms with E-state index in [1.807, 2.05) is 6.07 Å². The zero-order valence-corrected chi connectivity index (χ0v) is 9.98. The SMILES string of the molecule is CCC1=Nc2cc(-c3ccccc3)ccc2C1. The molecule has 1 aliphatic rings. The maximum Gasteiger partial charge on any atom is 0.0671 e. The summed E-state index contributed by atoms with van der Waals surface area (Å²) < 4.78 is 0. The van der Waals surface area contributed by atoms with Crippen LogP contribution in [0, 0.1) is 0 Å². The van der Waals surface area contributed by atoms with Crippen molar-refractivity contribution in [2.24, 2.45) is 4.99 Å². The van der Waals surface area contributed by atoms with Gasteiger partial charge in [0.05, 0.1) is 5.69 Å². The molecule has 1 heteroatoms. The second kappa shape index (κ2) is 4.17. The molecule has 0 amide bonds. The van der Waals surface area contributed by atoms with E-state index in [0.29, 0.717) is 0 Å². The van der Waals surface area contributed by atoms with Crippen LogP contribution < -0.4 is 0 Å². The van der Waals surface area contributed by atoms with Gasteiger partial charge in [0.25, 0.3) is 0 Å². The highest BCUT2D eigenvalue weighted by Crippen LogP contribution is 2.32. The van der Waals surface area contributed by atoms with Crippen molar-refractivity contribution in [2.75, 3.05) is 0 Å². The van der Waals surface area contributed by atoms with Gasteiger partial charge in [-0.05, 0) is 29.2 Å². The van der Waals surface area contributed by atoms with E-state index in [-0.39, 0.29) is 0 Å². The van der Waals surface area contributed by atoms with Gasteiger partial charge in [-0.15, -0.1) is 0 Å². The van der Waals surface area contributed by atoms with Gasteiger partial charge in [0.1, 0.15) is 0 Å². The fourth-order valence-electron chi connectivity index (χ4n) is 2.26. The van der Waals surface area contributed by atoms with E-state index < -0.39 is 0 Å². The normalized spacial score (nSPS) is 13.4. The third-order valence-electron chi connectivity index (χ3n) is 3.27. The molecule has 0 spiro atoms. The number of rotatable bonds is 2. The predicted octanol–water partition coefficient (Wildman–Crippen LogP) is 4.39. The van der Waals surface area contributed by atoms with E-state index in [1.165, 1.54) is 22.4 Å². The van der Waals surface area contributed by atoms with Crippen molar-refractivity contribution >= 4 is 11.4 Å². The molecule has 0 radical (unpaired) electrons. The zero-order chi connectivity index (χ0) is 11.7. The van der Waals surface area contributed by atoms with Crippen molar-refractivity contribution in [3.8, 4) is 11.1 Å². The molecule has 2 aromatic rings. The van der Waals surface area contributed by atoms with Gasteiger partial charge in [-0.1, -0.05) is 49.4 Å². The Morgan fingerprint density at radius 1 is 1.00 bits per heavy atom. The summed E-state index contributed by atoms with van der Waals surface area (Å²) in [6, 6.07) is 17.1. The molecule has 0 aliphatic carbocycles. The van der Waals surface area contributed by atoms with E-state index in [9.17, 15) is 0 Å². The second-order valence-corrected chi connectivity index (χ2v) is 4.42. The van der Waals surface area contributed by atoms with Gasteiger partial charge in [-0.2, -0.15) is 0 Å². The summed E-state index contributed by atoms with van der Waals surface area (Å²) in [4.78, 5) is 4.67. The fraction of sp³-hybridized carbons (Fsp3) is 0.188. The molecule has 84 valence electrons. The van der Waals surface area contributed by atoms with Crippen molar-refractivity contribution in [1.82, 2.24) is 0 Å². The van der Waals surface area contributed by atoms with Gasteiger partial charge in [0.2, 0.25) is 0 Å². The molecule has 0 atom stereocenters. The Bertz CT molecular complexity index is 567. The maximum atomic E-state index is 4.67. The molecular weight excluding hydrogens is 206 g/mol. The number of hydrogen-bond acceptors (Lipinski definition) is 1. The molecule has 3 rings (SSSR count). The molecule has 1 aliphatic heterocycles. The highest BCUT2D eigenvalue weighted by Gasteiger charge is 2.13. The highest BCUT2D eigenvalue weighted by atomic mass is 14.8. The van der Waals surface area contributed by atoms with Crippen LogP contribution in [0.5, 0.6) is 0 Å². The summed E-state index contributed by atoms with van der Waals surface area (Å²) in [6.07, 6.45) is 2.08. The first kappa shape index (κ1) is 10.3. The van der Waals surface area contributed by atoms with Gasteiger partial charge in [-0.25, -0.2) is 0 Å². The van der Waals surface area contributed by atoms with E-state index >= 15 is 0 Å². The lowest BCUT2D eigenvalue weighted by Gasteiger charge is -2.03. The minimum Gasteiger partial charge on any atom is -0.257 e. The summed E-state index contributed by atoms with van der Waals surface area (Å²) in [5, 5.41) is 0. The minimum absolute atomic E-state index is 1.03. The smallest absolute Gasteiger partial charge is 0.0671 e.